The molecule has 1 aromatic rings. The Morgan fingerprint density at radius 3 is 2.58 bits per heavy atom. The first-order valence-electron chi connectivity index (χ1n) is 6.62. The summed E-state index contributed by atoms with van der Waals surface area (Å²) in [5.74, 6) is 0.375. The van der Waals surface area contributed by atoms with Crippen LogP contribution in [-0.4, -0.2) is 26.4 Å². The summed E-state index contributed by atoms with van der Waals surface area (Å²) in [4.78, 5) is 0.400. The highest BCUT2D eigenvalue weighted by atomic mass is 32.2. The van der Waals surface area contributed by atoms with Crippen LogP contribution in [0.5, 0.6) is 0 Å². The van der Waals surface area contributed by atoms with Crippen molar-refractivity contribution >= 4 is 9.84 Å². The lowest BCUT2D eigenvalue weighted by Crippen LogP contribution is -2.53. The molecule has 3 atom stereocenters. The first-order chi connectivity index (χ1) is 9.08. The van der Waals surface area contributed by atoms with E-state index < -0.39 is 20.7 Å². The average molecular weight is 278 g/mol. The van der Waals surface area contributed by atoms with Gasteiger partial charge in [-0.05, 0) is 37.3 Å². The lowest BCUT2D eigenvalue weighted by molar-refractivity contribution is -0.0107. The predicted octanol–water partition coefficient (Wildman–Crippen LogP) is 2.58. The first-order valence-corrected chi connectivity index (χ1v) is 8.16. The van der Waals surface area contributed by atoms with Gasteiger partial charge in [0.25, 0.3) is 0 Å². The summed E-state index contributed by atoms with van der Waals surface area (Å²) < 4.78 is 31.3. The number of benzene rings is 1. The molecule has 3 aliphatic carbocycles. The Morgan fingerprint density at radius 1 is 1.26 bits per heavy atom. The molecule has 1 saturated carbocycles. The van der Waals surface area contributed by atoms with Crippen molar-refractivity contribution in [2.24, 2.45) is 5.92 Å². The van der Waals surface area contributed by atoms with E-state index >= 15 is 0 Å². The van der Waals surface area contributed by atoms with Crippen molar-refractivity contribution in [3.8, 4) is 0 Å². The van der Waals surface area contributed by atoms with E-state index in [0.717, 1.165) is 12.8 Å². The van der Waals surface area contributed by atoms with E-state index in [9.17, 15) is 8.42 Å². The second kappa shape index (κ2) is 4.46. The minimum Gasteiger partial charge on any atom is -0.373 e. The molecule has 0 aliphatic heterocycles. The number of rotatable bonds is 3. The van der Waals surface area contributed by atoms with Gasteiger partial charge in [0.15, 0.2) is 9.84 Å². The zero-order chi connectivity index (χ0) is 13.5. The Balaban J connectivity index is 2.05. The van der Waals surface area contributed by atoms with E-state index in [4.69, 9.17) is 4.74 Å². The van der Waals surface area contributed by atoms with Gasteiger partial charge in [0.1, 0.15) is 5.60 Å². The molecule has 0 heterocycles. The van der Waals surface area contributed by atoms with Crippen molar-refractivity contribution in [1.82, 2.24) is 0 Å². The summed E-state index contributed by atoms with van der Waals surface area (Å²) in [5.41, 5.74) is -0.635. The molecule has 0 saturated heterocycles. The average Bonchev–Trinajstić information content (AvgIpc) is 2.49. The SMILES string of the molecule is CO[C@@]12C=C[C@@H](CC1)C[C@H]2S(=O)(=O)c1ccccc1. The van der Waals surface area contributed by atoms with Crippen molar-refractivity contribution in [2.45, 2.75) is 35.0 Å². The fraction of sp³-hybridized carbons (Fsp3) is 0.467. The molecule has 0 amide bonds. The Kier molecular flexibility index (Phi) is 3.02. The van der Waals surface area contributed by atoms with Crippen LogP contribution in [0.4, 0.5) is 0 Å². The number of fused-ring (bicyclic) bond motifs is 2. The lowest BCUT2D eigenvalue weighted by atomic mass is 9.72. The fourth-order valence-electron chi connectivity index (χ4n) is 3.29. The Hall–Kier alpha value is -1.13. The van der Waals surface area contributed by atoms with E-state index in [-0.39, 0.29) is 0 Å². The van der Waals surface area contributed by atoms with Gasteiger partial charge >= 0.3 is 0 Å². The van der Waals surface area contributed by atoms with E-state index in [1.165, 1.54) is 0 Å². The minimum atomic E-state index is -3.34. The second-order valence-electron chi connectivity index (χ2n) is 5.40. The van der Waals surface area contributed by atoms with Crippen molar-refractivity contribution in [3.05, 3.63) is 42.5 Å². The molecule has 1 aromatic carbocycles. The van der Waals surface area contributed by atoms with Gasteiger partial charge in [-0.15, -0.1) is 0 Å². The largest absolute Gasteiger partial charge is 0.373 e. The Morgan fingerprint density at radius 2 is 2.00 bits per heavy atom. The van der Waals surface area contributed by atoms with Gasteiger partial charge in [-0.1, -0.05) is 30.4 Å². The van der Waals surface area contributed by atoms with Crippen molar-refractivity contribution in [3.63, 3.8) is 0 Å². The van der Waals surface area contributed by atoms with Gasteiger partial charge in [-0.2, -0.15) is 0 Å². The quantitative estimate of drug-likeness (QED) is 0.798. The third-order valence-electron chi connectivity index (χ3n) is 4.44. The molecule has 0 spiro atoms. The van der Waals surface area contributed by atoms with Crippen LogP contribution < -0.4 is 0 Å². The molecule has 3 nitrogen and oxygen atoms in total. The summed E-state index contributed by atoms with van der Waals surface area (Å²) in [6, 6.07) is 8.71. The van der Waals surface area contributed by atoms with Gasteiger partial charge in [0.05, 0.1) is 10.1 Å². The minimum absolute atomic E-state index is 0.375. The van der Waals surface area contributed by atoms with E-state index in [1.807, 2.05) is 12.1 Å². The van der Waals surface area contributed by atoms with Crippen LogP contribution >= 0.6 is 0 Å². The van der Waals surface area contributed by atoms with Crippen LogP contribution in [-0.2, 0) is 14.6 Å². The van der Waals surface area contributed by atoms with Crippen molar-refractivity contribution in [2.75, 3.05) is 7.11 Å². The Labute approximate surface area is 114 Å². The maximum Gasteiger partial charge on any atom is 0.184 e. The van der Waals surface area contributed by atoms with Gasteiger partial charge in [0, 0.05) is 7.11 Å². The van der Waals surface area contributed by atoms with Gasteiger partial charge in [0.2, 0.25) is 0 Å². The molecule has 2 bridgehead atoms. The topological polar surface area (TPSA) is 43.4 Å². The van der Waals surface area contributed by atoms with Crippen LogP contribution in [0.3, 0.4) is 0 Å². The molecular weight excluding hydrogens is 260 g/mol. The highest BCUT2D eigenvalue weighted by molar-refractivity contribution is 7.92. The number of sulfone groups is 1. The molecule has 4 rings (SSSR count). The molecule has 19 heavy (non-hydrogen) atoms. The summed E-state index contributed by atoms with van der Waals surface area (Å²) in [6.07, 6.45) is 6.56. The molecule has 0 radical (unpaired) electrons. The predicted molar refractivity (Wildman–Crippen MR) is 73.6 cm³/mol. The van der Waals surface area contributed by atoms with Crippen LogP contribution in [0.15, 0.2) is 47.4 Å². The number of methoxy groups -OCH3 is 1. The number of hydrogen-bond donors (Lipinski definition) is 0. The molecule has 0 N–H and O–H groups in total. The summed E-state index contributed by atoms with van der Waals surface area (Å²) >= 11 is 0. The number of hydrogen-bond acceptors (Lipinski definition) is 3. The van der Waals surface area contributed by atoms with Gasteiger partial charge < -0.3 is 4.74 Å². The third-order valence-corrected chi connectivity index (χ3v) is 6.71. The van der Waals surface area contributed by atoms with Crippen LogP contribution in [0.25, 0.3) is 0 Å². The Bertz CT molecular complexity index is 591. The van der Waals surface area contributed by atoms with Gasteiger partial charge in [-0.25, -0.2) is 8.42 Å². The number of ether oxygens (including phenoxy) is 1. The fourth-order valence-corrected chi connectivity index (χ4v) is 5.48. The van der Waals surface area contributed by atoms with Crippen molar-refractivity contribution in [1.29, 1.82) is 0 Å². The molecule has 0 unspecified atom stereocenters. The highest BCUT2D eigenvalue weighted by Gasteiger charge is 2.51. The maximum absolute atomic E-state index is 12.8. The smallest absolute Gasteiger partial charge is 0.184 e. The molecule has 0 aromatic heterocycles. The van der Waals surface area contributed by atoms with Crippen LogP contribution in [0.1, 0.15) is 19.3 Å². The van der Waals surface area contributed by atoms with Crippen molar-refractivity contribution < 1.29 is 13.2 Å². The van der Waals surface area contributed by atoms with Crippen LogP contribution in [0, 0.1) is 5.92 Å². The number of allylic oxidation sites excluding steroid dienone is 1. The standard InChI is InChI=1S/C15H18O3S/c1-18-15-9-7-12(8-10-15)11-14(15)19(16,17)13-5-3-2-4-6-13/h2-7,9,12,14H,8,10-11H2,1H3/t12-,14+,15-/m0/s1. The van der Waals surface area contributed by atoms with Gasteiger partial charge in [-0.3, -0.25) is 0 Å². The maximum atomic E-state index is 12.8. The van der Waals surface area contributed by atoms with E-state index in [0.29, 0.717) is 17.2 Å². The summed E-state index contributed by atoms with van der Waals surface area (Å²) in [7, 11) is -1.73. The second-order valence-corrected chi connectivity index (χ2v) is 7.53. The molecule has 4 heteroatoms. The third kappa shape index (κ3) is 1.94. The summed E-state index contributed by atoms with van der Waals surface area (Å²) in [6.45, 7) is 0. The zero-order valence-corrected chi connectivity index (χ0v) is 11.8. The van der Waals surface area contributed by atoms with Crippen LogP contribution in [0.2, 0.25) is 0 Å². The highest BCUT2D eigenvalue weighted by Crippen LogP contribution is 2.46. The molecular formula is C15H18O3S. The molecule has 3 aliphatic rings. The van der Waals surface area contributed by atoms with E-state index in [2.05, 4.69) is 6.08 Å². The normalized spacial score (nSPS) is 33.5. The van der Waals surface area contributed by atoms with E-state index in [1.54, 1.807) is 31.4 Å². The monoisotopic (exact) mass is 278 g/mol. The molecule has 102 valence electrons. The lowest BCUT2D eigenvalue weighted by Gasteiger charge is -2.46. The molecule has 1 fully saturated rings. The summed E-state index contributed by atoms with van der Waals surface area (Å²) in [5, 5.41) is -0.462. The first kappa shape index (κ1) is 12.9. The zero-order valence-electron chi connectivity index (χ0n) is 11.0.